The Morgan fingerprint density at radius 1 is 1.09 bits per heavy atom. The molecule has 0 atom stereocenters. The number of furan rings is 1. The summed E-state index contributed by atoms with van der Waals surface area (Å²) in [5, 5.41) is 0. The highest BCUT2D eigenvalue weighted by molar-refractivity contribution is 5.31. The van der Waals surface area contributed by atoms with E-state index in [-0.39, 0.29) is 0 Å². The smallest absolute Gasteiger partial charge is 0.225 e. The first-order chi connectivity index (χ1) is 10.8. The van der Waals surface area contributed by atoms with Crippen molar-refractivity contribution in [2.45, 2.75) is 25.8 Å². The molecular formula is C17H22N4O. The molecule has 0 amide bonds. The zero-order chi connectivity index (χ0) is 14.8. The van der Waals surface area contributed by atoms with Gasteiger partial charge in [-0.3, -0.25) is 4.90 Å². The van der Waals surface area contributed by atoms with Crippen molar-refractivity contribution in [2.24, 2.45) is 5.41 Å². The average molecular weight is 298 g/mol. The van der Waals surface area contributed by atoms with E-state index >= 15 is 0 Å². The highest BCUT2D eigenvalue weighted by Gasteiger charge is 2.41. The minimum Gasteiger partial charge on any atom is -0.472 e. The van der Waals surface area contributed by atoms with Gasteiger partial charge in [-0.05, 0) is 49.9 Å². The second-order valence-electron chi connectivity index (χ2n) is 6.63. The summed E-state index contributed by atoms with van der Waals surface area (Å²) >= 11 is 0. The molecule has 0 aromatic carbocycles. The van der Waals surface area contributed by atoms with E-state index in [1.165, 1.54) is 37.9 Å². The van der Waals surface area contributed by atoms with E-state index in [9.17, 15) is 0 Å². The lowest BCUT2D eigenvalue weighted by Crippen LogP contribution is -2.41. The maximum absolute atomic E-state index is 5.17. The Labute approximate surface area is 131 Å². The van der Waals surface area contributed by atoms with Crippen LogP contribution in [0.15, 0.2) is 41.5 Å². The van der Waals surface area contributed by atoms with Crippen LogP contribution in [0.25, 0.3) is 0 Å². The van der Waals surface area contributed by atoms with E-state index in [4.69, 9.17) is 4.42 Å². The number of hydrogen-bond acceptors (Lipinski definition) is 5. The van der Waals surface area contributed by atoms with Gasteiger partial charge in [0.25, 0.3) is 0 Å². The SMILES string of the molecule is c1cnc(N2CCC3(CCN(Cc4ccoc4)CC3)C2)nc1. The summed E-state index contributed by atoms with van der Waals surface area (Å²) in [5.74, 6) is 0.889. The van der Waals surface area contributed by atoms with Gasteiger partial charge in [-0.15, -0.1) is 0 Å². The van der Waals surface area contributed by atoms with Crippen LogP contribution in [0.2, 0.25) is 0 Å². The molecule has 4 rings (SSSR count). The average Bonchev–Trinajstić information content (AvgIpc) is 3.21. The van der Waals surface area contributed by atoms with E-state index in [0.717, 1.165) is 25.6 Å². The molecule has 22 heavy (non-hydrogen) atoms. The Morgan fingerprint density at radius 3 is 2.59 bits per heavy atom. The lowest BCUT2D eigenvalue weighted by atomic mass is 9.78. The molecule has 2 aliphatic rings. The minimum atomic E-state index is 0.464. The predicted octanol–water partition coefficient (Wildman–Crippen LogP) is 2.56. The Bertz CT molecular complexity index is 590. The van der Waals surface area contributed by atoms with Gasteiger partial charge in [0.2, 0.25) is 5.95 Å². The first kappa shape index (κ1) is 13.8. The van der Waals surface area contributed by atoms with Crippen molar-refractivity contribution in [1.82, 2.24) is 14.9 Å². The fourth-order valence-electron chi connectivity index (χ4n) is 3.79. The second-order valence-corrected chi connectivity index (χ2v) is 6.63. The summed E-state index contributed by atoms with van der Waals surface area (Å²) < 4.78 is 5.17. The van der Waals surface area contributed by atoms with Crippen molar-refractivity contribution in [3.63, 3.8) is 0 Å². The van der Waals surface area contributed by atoms with Crippen LogP contribution in [-0.2, 0) is 6.54 Å². The Hall–Kier alpha value is -1.88. The van der Waals surface area contributed by atoms with Gasteiger partial charge in [-0.2, -0.15) is 0 Å². The molecule has 0 radical (unpaired) electrons. The van der Waals surface area contributed by atoms with E-state index in [1.54, 1.807) is 6.26 Å². The summed E-state index contributed by atoms with van der Waals surface area (Å²) in [6, 6.07) is 3.94. The fraction of sp³-hybridized carbons (Fsp3) is 0.529. The summed E-state index contributed by atoms with van der Waals surface area (Å²) in [4.78, 5) is 13.7. The quantitative estimate of drug-likeness (QED) is 0.871. The highest BCUT2D eigenvalue weighted by Crippen LogP contribution is 2.41. The number of hydrogen-bond donors (Lipinski definition) is 0. The summed E-state index contributed by atoms with van der Waals surface area (Å²) in [6.07, 6.45) is 11.1. The normalized spacial score (nSPS) is 21.5. The van der Waals surface area contributed by atoms with Gasteiger partial charge in [-0.1, -0.05) is 0 Å². The van der Waals surface area contributed by atoms with Gasteiger partial charge in [-0.25, -0.2) is 9.97 Å². The molecule has 0 unspecified atom stereocenters. The highest BCUT2D eigenvalue weighted by atomic mass is 16.3. The molecule has 116 valence electrons. The van der Waals surface area contributed by atoms with Gasteiger partial charge in [0, 0.05) is 37.6 Å². The number of nitrogens with zero attached hydrogens (tertiary/aromatic N) is 4. The first-order valence-corrected chi connectivity index (χ1v) is 8.08. The standard InChI is InChI=1S/C17H22N4O/c1-6-18-16(19-7-1)21-10-5-17(14-21)3-8-20(9-4-17)12-15-2-11-22-13-15/h1-2,6-7,11,13H,3-5,8-10,12,14H2. The van der Waals surface area contributed by atoms with E-state index in [1.807, 2.05) is 24.7 Å². The zero-order valence-electron chi connectivity index (χ0n) is 12.8. The largest absolute Gasteiger partial charge is 0.472 e. The molecule has 0 N–H and O–H groups in total. The number of piperidine rings is 1. The van der Waals surface area contributed by atoms with Crippen LogP contribution >= 0.6 is 0 Å². The molecule has 2 saturated heterocycles. The van der Waals surface area contributed by atoms with Crippen molar-refractivity contribution >= 4 is 5.95 Å². The van der Waals surface area contributed by atoms with Crippen LogP contribution < -0.4 is 4.90 Å². The van der Waals surface area contributed by atoms with Crippen LogP contribution in [0, 0.1) is 5.41 Å². The van der Waals surface area contributed by atoms with Crippen molar-refractivity contribution < 1.29 is 4.42 Å². The Kier molecular flexibility index (Phi) is 3.58. The third-order valence-electron chi connectivity index (χ3n) is 5.18. The van der Waals surface area contributed by atoms with Crippen LogP contribution in [0.4, 0.5) is 5.95 Å². The van der Waals surface area contributed by atoms with E-state index < -0.39 is 0 Å². The third kappa shape index (κ3) is 2.73. The van der Waals surface area contributed by atoms with Gasteiger partial charge in [0.1, 0.15) is 0 Å². The monoisotopic (exact) mass is 298 g/mol. The number of rotatable bonds is 3. The Morgan fingerprint density at radius 2 is 1.86 bits per heavy atom. The maximum Gasteiger partial charge on any atom is 0.225 e. The van der Waals surface area contributed by atoms with Crippen LogP contribution in [0.3, 0.4) is 0 Å². The molecule has 0 saturated carbocycles. The van der Waals surface area contributed by atoms with Gasteiger partial charge in [0.05, 0.1) is 12.5 Å². The molecule has 5 nitrogen and oxygen atoms in total. The summed E-state index contributed by atoms with van der Waals surface area (Å²) in [7, 11) is 0. The van der Waals surface area contributed by atoms with Crippen LogP contribution in [0.5, 0.6) is 0 Å². The van der Waals surface area contributed by atoms with Gasteiger partial charge < -0.3 is 9.32 Å². The molecule has 0 aliphatic carbocycles. The second kappa shape index (κ2) is 5.72. The first-order valence-electron chi connectivity index (χ1n) is 8.08. The molecular weight excluding hydrogens is 276 g/mol. The molecule has 1 spiro atoms. The molecule has 2 aliphatic heterocycles. The Balaban J connectivity index is 1.35. The minimum absolute atomic E-state index is 0.464. The van der Waals surface area contributed by atoms with Crippen molar-refractivity contribution in [3.8, 4) is 0 Å². The molecule has 5 heteroatoms. The van der Waals surface area contributed by atoms with Crippen LogP contribution in [-0.4, -0.2) is 41.0 Å². The van der Waals surface area contributed by atoms with E-state index in [2.05, 4.69) is 25.8 Å². The zero-order valence-corrected chi connectivity index (χ0v) is 12.8. The maximum atomic E-state index is 5.17. The number of aromatic nitrogens is 2. The fourth-order valence-corrected chi connectivity index (χ4v) is 3.79. The number of anilines is 1. The molecule has 2 aromatic rings. The molecule has 4 heterocycles. The predicted molar refractivity (Wildman–Crippen MR) is 84.5 cm³/mol. The molecule has 0 bridgehead atoms. The van der Waals surface area contributed by atoms with Crippen molar-refractivity contribution in [3.05, 3.63) is 42.6 Å². The molecule has 2 aromatic heterocycles. The van der Waals surface area contributed by atoms with Crippen molar-refractivity contribution in [1.29, 1.82) is 0 Å². The van der Waals surface area contributed by atoms with Gasteiger partial charge in [0.15, 0.2) is 0 Å². The number of likely N-dealkylation sites (tertiary alicyclic amines) is 1. The third-order valence-corrected chi connectivity index (χ3v) is 5.18. The lowest BCUT2D eigenvalue weighted by Gasteiger charge is -2.39. The topological polar surface area (TPSA) is 45.4 Å². The van der Waals surface area contributed by atoms with Crippen LogP contribution in [0.1, 0.15) is 24.8 Å². The van der Waals surface area contributed by atoms with Crippen molar-refractivity contribution in [2.75, 3.05) is 31.1 Å². The molecule has 2 fully saturated rings. The van der Waals surface area contributed by atoms with Gasteiger partial charge >= 0.3 is 0 Å². The van der Waals surface area contributed by atoms with E-state index in [0.29, 0.717) is 5.41 Å². The lowest BCUT2D eigenvalue weighted by molar-refractivity contribution is 0.115. The summed E-state index contributed by atoms with van der Waals surface area (Å²) in [6.45, 7) is 5.56. The summed E-state index contributed by atoms with van der Waals surface area (Å²) in [5.41, 5.74) is 1.74.